The molecule has 0 fully saturated rings. The van der Waals surface area contributed by atoms with Crippen LogP contribution in [-0.2, 0) is 6.42 Å². The van der Waals surface area contributed by atoms with Crippen molar-refractivity contribution < 1.29 is 0 Å². The van der Waals surface area contributed by atoms with Crippen LogP contribution in [0.4, 0.5) is 0 Å². The van der Waals surface area contributed by atoms with Gasteiger partial charge in [-0.05, 0) is 48.4 Å². The highest BCUT2D eigenvalue weighted by molar-refractivity contribution is 5.26. The van der Waals surface area contributed by atoms with Crippen molar-refractivity contribution in [2.24, 2.45) is 5.41 Å². The van der Waals surface area contributed by atoms with Gasteiger partial charge in [-0.15, -0.1) is 0 Å². The first kappa shape index (κ1) is 15.2. The minimum Gasteiger partial charge on any atom is -0.310 e. The largest absolute Gasteiger partial charge is 0.310 e. The van der Waals surface area contributed by atoms with E-state index in [0.717, 1.165) is 13.0 Å². The fraction of sp³-hybridized carbons (Fsp3) is 0.688. The van der Waals surface area contributed by atoms with E-state index in [9.17, 15) is 0 Å². The number of hydrogen-bond donors (Lipinski definition) is 1. The number of hydrogen-bond acceptors (Lipinski definition) is 2. The molecule has 0 radical (unpaired) electrons. The van der Waals surface area contributed by atoms with Crippen LogP contribution in [0.1, 0.15) is 64.6 Å². The molecule has 102 valence electrons. The summed E-state index contributed by atoms with van der Waals surface area (Å²) in [7, 11) is 0. The smallest absolute Gasteiger partial charge is 0.0324 e. The molecule has 0 bridgehead atoms. The van der Waals surface area contributed by atoms with E-state index in [1.807, 2.05) is 12.4 Å². The normalized spacial score (nSPS) is 13.6. The van der Waals surface area contributed by atoms with Crippen LogP contribution in [0.25, 0.3) is 0 Å². The van der Waals surface area contributed by atoms with Crippen LogP contribution in [-0.4, -0.2) is 11.5 Å². The summed E-state index contributed by atoms with van der Waals surface area (Å²) in [5.74, 6) is 0. The molecule has 1 aromatic rings. The third kappa shape index (κ3) is 4.77. The molecule has 1 atom stereocenters. The second-order valence-electron chi connectivity index (χ2n) is 6.14. The van der Waals surface area contributed by atoms with Crippen molar-refractivity contribution in [3.8, 4) is 0 Å². The van der Waals surface area contributed by atoms with Crippen molar-refractivity contribution in [1.29, 1.82) is 0 Å². The molecule has 0 amide bonds. The zero-order chi connectivity index (χ0) is 13.6. The van der Waals surface area contributed by atoms with Gasteiger partial charge < -0.3 is 5.32 Å². The van der Waals surface area contributed by atoms with Gasteiger partial charge in [-0.25, -0.2) is 0 Å². The van der Waals surface area contributed by atoms with Crippen LogP contribution >= 0.6 is 0 Å². The first-order chi connectivity index (χ1) is 8.48. The molecule has 0 aliphatic heterocycles. The molecule has 1 unspecified atom stereocenters. The van der Waals surface area contributed by atoms with Gasteiger partial charge >= 0.3 is 0 Å². The average molecular weight is 248 g/mol. The van der Waals surface area contributed by atoms with Crippen molar-refractivity contribution in [1.82, 2.24) is 10.3 Å². The van der Waals surface area contributed by atoms with Crippen molar-refractivity contribution >= 4 is 0 Å². The molecule has 0 saturated carbocycles. The third-order valence-corrected chi connectivity index (χ3v) is 3.33. The van der Waals surface area contributed by atoms with Crippen LogP contribution in [0.2, 0.25) is 0 Å². The van der Waals surface area contributed by atoms with Gasteiger partial charge in [0.25, 0.3) is 0 Å². The maximum absolute atomic E-state index is 4.24. The van der Waals surface area contributed by atoms with Gasteiger partial charge in [0, 0.05) is 18.4 Å². The molecule has 0 aromatic carbocycles. The standard InChI is InChI=1S/C16H28N2/c1-6-13-12-17-11-9-14(13)15(18-7-2)8-10-16(3,4)5/h9,11-12,15,18H,6-8,10H2,1-5H3. The summed E-state index contributed by atoms with van der Waals surface area (Å²) in [4.78, 5) is 4.24. The number of nitrogens with one attached hydrogen (secondary N) is 1. The Balaban J connectivity index is 2.83. The molecule has 0 saturated heterocycles. The first-order valence-corrected chi connectivity index (χ1v) is 7.14. The second-order valence-corrected chi connectivity index (χ2v) is 6.14. The minimum absolute atomic E-state index is 0.396. The summed E-state index contributed by atoms with van der Waals surface area (Å²) >= 11 is 0. The lowest BCUT2D eigenvalue weighted by atomic mass is 9.86. The van der Waals surface area contributed by atoms with Gasteiger partial charge in [0.15, 0.2) is 0 Å². The van der Waals surface area contributed by atoms with Gasteiger partial charge in [-0.3, -0.25) is 4.98 Å². The Kier molecular flexibility index (Phi) is 5.80. The van der Waals surface area contributed by atoms with Crippen molar-refractivity contribution in [3.63, 3.8) is 0 Å². The van der Waals surface area contributed by atoms with Crippen LogP contribution in [0, 0.1) is 5.41 Å². The number of aromatic nitrogens is 1. The molecular formula is C16H28N2. The Labute approximate surface area is 112 Å². The Hall–Kier alpha value is -0.890. The zero-order valence-electron chi connectivity index (χ0n) is 12.6. The lowest BCUT2D eigenvalue weighted by Gasteiger charge is -2.25. The fourth-order valence-corrected chi connectivity index (χ4v) is 2.26. The molecule has 1 heterocycles. The van der Waals surface area contributed by atoms with Gasteiger partial charge in [0.05, 0.1) is 0 Å². The number of rotatable bonds is 6. The van der Waals surface area contributed by atoms with Gasteiger partial charge in [-0.2, -0.15) is 0 Å². The van der Waals surface area contributed by atoms with Crippen LogP contribution in [0.5, 0.6) is 0 Å². The predicted molar refractivity (Wildman–Crippen MR) is 78.7 cm³/mol. The van der Waals surface area contributed by atoms with E-state index in [-0.39, 0.29) is 0 Å². The fourth-order valence-electron chi connectivity index (χ4n) is 2.26. The quantitative estimate of drug-likeness (QED) is 0.819. The number of pyridine rings is 1. The van der Waals surface area contributed by atoms with Gasteiger partial charge in [0.2, 0.25) is 0 Å². The predicted octanol–water partition coefficient (Wildman–Crippen LogP) is 4.12. The highest BCUT2D eigenvalue weighted by Crippen LogP contribution is 2.28. The van der Waals surface area contributed by atoms with Crippen molar-refractivity contribution in [3.05, 3.63) is 29.6 Å². The van der Waals surface area contributed by atoms with Crippen LogP contribution in [0.3, 0.4) is 0 Å². The monoisotopic (exact) mass is 248 g/mol. The molecule has 1 aromatic heterocycles. The van der Waals surface area contributed by atoms with E-state index in [0.29, 0.717) is 11.5 Å². The summed E-state index contributed by atoms with van der Waals surface area (Å²) in [5.41, 5.74) is 3.20. The van der Waals surface area contributed by atoms with E-state index >= 15 is 0 Å². The molecule has 18 heavy (non-hydrogen) atoms. The summed E-state index contributed by atoms with van der Waals surface area (Å²) < 4.78 is 0. The van der Waals surface area contributed by atoms with Crippen LogP contribution in [0.15, 0.2) is 18.5 Å². The Morgan fingerprint density at radius 2 is 2.00 bits per heavy atom. The Morgan fingerprint density at radius 1 is 1.28 bits per heavy atom. The maximum Gasteiger partial charge on any atom is 0.0324 e. The van der Waals surface area contributed by atoms with Crippen molar-refractivity contribution in [2.45, 2.75) is 59.9 Å². The van der Waals surface area contributed by atoms with Crippen molar-refractivity contribution in [2.75, 3.05) is 6.54 Å². The summed E-state index contributed by atoms with van der Waals surface area (Å²) in [6, 6.07) is 2.64. The van der Waals surface area contributed by atoms with Gasteiger partial charge in [-0.1, -0.05) is 34.6 Å². The molecular weight excluding hydrogens is 220 g/mol. The molecule has 2 heteroatoms. The zero-order valence-corrected chi connectivity index (χ0v) is 12.6. The average Bonchev–Trinajstić information content (AvgIpc) is 2.33. The second kappa shape index (κ2) is 6.89. The third-order valence-electron chi connectivity index (χ3n) is 3.33. The van der Waals surface area contributed by atoms with Crippen LogP contribution < -0.4 is 5.32 Å². The molecule has 1 N–H and O–H groups in total. The maximum atomic E-state index is 4.24. The summed E-state index contributed by atoms with van der Waals surface area (Å²) in [6.07, 6.45) is 7.40. The SMILES string of the molecule is CCNC(CCC(C)(C)C)c1ccncc1CC. The molecule has 0 aliphatic carbocycles. The minimum atomic E-state index is 0.396. The lowest BCUT2D eigenvalue weighted by Crippen LogP contribution is -2.23. The Morgan fingerprint density at radius 3 is 2.56 bits per heavy atom. The number of aryl methyl sites for hydroxylation is 1. The lowest BCUT2D eigenvalue weighted by molar-refractivity contribution is 0.333. The van der Waals surface area contributed by atoms with E-state index < -0.39 is 0 Å². The molecule has 0 spiro atoms. The van der Waals surface area contributed by atoms with E-state index in [1.54, 1.807) is 0 Å². The highest BCUT2D eigenvalue weighted by Gasteiger charge is 2.17. The number of nitrogens with zero attached hydrogens (tertiary/aromatic N) is 1. The molecule has 2 nitrogen and oxygen atoms in total. The van der Waals surface area contributed by atoms with E-state index in [4.69, 9.17) is 0 Å². The topological polar surface area (TPSA) is 24.9 Å². The van der Waals surface area contributed by atoms with E-state index in [2.05, 4.69) is 51.0 Å². The van der Waals surface area contributed by atoms with Gasteiger partial charge in [0.1, 0.15) is 0 Å². The summed E-state index contributed by atoms with van der Waals surface area (Å²) in [6.45, 7) is 12.3. The highest BCUT2D eigenvalue weighted by atomic mass is 14.9. The summed E-state index contributed by atoms with van der Waals surface area (Å²) in [5, 5.41) is 3.62. The first-order valence-electron chi connectivity index (χ1n) is 7.14. The molecule has 0 aliphatic rings. The Bertz CT molecular complexity index is 352. The molecule has 1 rings (SSSR count). The van der Waals surface area contributed by atoms with E-state index in [1.165, 1.54) is 24.0 Å².